The molecule has 1 aromatic carbocycles. The maximum Gasteiger partial charge on any atom is 0.212 e. The van der Waals surface area contributed by atoms with E-state index in [4.69, 9.17) is 2.74 Å². The van der Waals surface area contributed by atoms with Crippen LogP contribution in [0.5, 0.6) is 0 Å². The molecule has 1 nitrogen and oxygen atoms in total. The third kappa shape index (κ3) is 4.54. The standard InChI is InChI=1S/C21H32NSi/c1-16-13-18(23(6,7)8)9-10-19(16)20-14-17(11-12-22(20)5)15-21(2,3)4/h9-14H,15H2,1-8H3/q+1/i15D2. The number of aryl methyl sites for hydroxylation is 2. The lowest BCUT2D eigenvalue weighted by Crippen LogP contribution is -2.38. The monoisotopic (exact) mass is 328 g/mol. The third-order valence-corrected chi connectivity index (χ3v) is 6.08. The predicted molar refractivity (Wildman–Crippen MR) is 104 cm³/mol. The summed E-state index contributed by atoms with van der Waals surface area (Å²) in [5.41, 5.74) is 3.77. The van der Waals surface area contributed by atoms with Gasteiger partial charge in [0.2, 0.25) is 5.69 Å². The molecule has 0 bridgehead atoms. The molecule has 0 amide bonds. The molecule has 0 fully saturated rings. The van der Waals surface area contributed by atoms with Crippen LogP contribution in [-0.2, 0) is 13.4 Å². The van der Waals surface area contributed by atoms with E-state index in [1.54, 1.807) is 0 Å². The van der Waals surface area contributed by atoms with Crippen LogP contribution in [-0.4, -0.2) is 8.07 Å². The van der Waals surface area contributed by atoms with E-state index in [9.17, 15) is 0 Å². The van der Waals surface area contributed by atoms with E-state index in [1.165, 1.54) is 16.3 Å². The van der Waals surface area contributed by atoms with Gasteiger partial charge in [0.05, 0.1) is 8.07 Å². The predicted octanol–water partition coefficient (Wildman–Crippen LogP) is 4.62. The molecule has 1 heterocycles. The summed E-state index contributed by atoms with van der Waals surface area (Å²) >= 11 is 0. The Morgan fingerprint density at radius 1 is 1.09 bits per heavy atom. The first-order chi connectivity index (χ1) is 11.2. The molecule has 124 valence electrons. The van der Waals surface area contributed by atoms with Crippen LogP contribution in [0.2, 0.25) is 19.6 Å². The van der Waals surface area contributed by atoms with Gasteiger partial charge >= 0.3 is 0 Å². The molecule has 0 aliphatic heterocycles. The molecule has 2 heteroatoms. The second kappa shape index (κ2) is 6.24. The molecule has 23 heavy (non-hydrogen) atoms. The summed E-state index contributed by atoms with van der Waals surface area (Å²) in [6.45, 7) is 15.1. The summed E-state index contributed by atoms with van der Waals surface area (Å²) < 4.78 is 19.2. The SMILES string of the molecule is [2H]C([2H])(c1cc[n+](C)c(-c2ccc([Si](C)(C)C)cc2C)c1)C(C)(C)C. The number of benzene rings is 1. The second-order valence-electron chi connectivity index (χ2n) is 8.57. The third-order valence-electron chi connectivity index (χ3n) is 4.04. The maximum atomic E-state index is 8.58. The van der Waals surface area contributed by atoms with Gasteiger partial charge < -0.3 is 0 Å². The van der Waals surface area contributed by atoms with Gasteiger partial charge in [-0.15, -0.1) is 0 Å². The van der Waals surface area contributed by atoms with Crippen LogP contribution in [0, 0.1) is 12.3 Å². The largest absolute Gasteiger partial charge is 0.212 e. The van der Waals surface area contributed by atoms with E-state index in [0.717, 1.165) is 11.3 Å². The molecule has 2 rings (SSSR count). The van der Waals surface area contributed by atoms with Crippen molar-refractivity contribution in [2.75, 3.05) is 0 Å². The number of pyridine rings is 1. The molecule has 0 saturated carbocycles. The summed E-state index contributed by atoms with van der Waals surface area (Å²) in [6.07, 6.45) is 0.586. The fourth-order valence-corrected chi connectivity index (χ4v) is 4.00. The molecule has 0 saturated heterocycles. The minimum atomic E-state index is -1.39. The number of aromatic nitrogens is 1. The highest BCUT2D eigenvalue weighted by molar-refractivity contribution is 6.88. The Kier molecular flexibility index (Phi) is 4.10. The number of hydrogen-bond acceptors (Lipinski definition) is 0. The zero-order valence-electron chi connectivity index (χ0n) is 17.9. The number of hydrogen-bond donors (Lipinski definition) is 0. The van der Waals surface area contributed by atoms with Crippen LogP contribution in [0.25, 0.3) is 11.3 Å². The molecule has 0 atom stereocenters. The molecule has 2 aromatic rings. The Bertz CT molecular complexity index is 783. The van der Waals surface area contributed by atoms with Gasteiger partial charge in [-0.25, -0.2) is 4.57 Å². The van der Waals surface area contributed by atoms with E-state index in [2.05, 4.69) is 49.3 Å². The fraction of sp³-hybridized carbons (Fsp3) is 0.476. The number of nitrogens with zero attached hydrogens (tertiary/aromatic N) is 1. The van der Waals surface area contributed by atoms with Crippen LogP contribution < -0.4 is 9.75 Å². The van der Waals surface area contributed by atoms with Crippen LogP contribution >= 0.6 is 0 Å². The lowest BCUT2D eigenvalue weighted by molar-refractivity contribution is -0.660. The molecule has 0 unspecified atom stereocenters. The summed E-state index contributed by atoms with van der Waals surface area (Å²) in [5.74, 6) is 0. The maximum absolute atomic E-state index is 8.58. The summed E-state index contributed by atoms with van der Waals surface area (Å²) in [4.78, 5) is 0. The quantitative estimate of drug-likeness (QED) is 0.572. The first-order valence-corrected chi connectivity index (χ1v) is 11.9. The van der Waals surface area contributed by atoms with E-state index in [1.807, 2.05) is 46.1 Å². The van der Waals surface area contributed by atoms with Gasteiger partial charge in [-0.05, 0) is 35.9 Å². The van der Waals surface area contributed by atoms with E-state index in [0.29, 0.717) is 0 Å². The average molecular weight is 329 g/mol. The highest BCUT2D eigenvalue weighted by Gasteiger charge is 2.20. The molecule has 1 aromatic heterocycles. The lowest BCUT2D eigenvalue weighted by Gasteiger charge is -2.19. The van der Waals surface area contributed by atoms with Gasteiger partial charge in [0.15, 0.2) is 6.20 Å². The molecule has 0 N–H and O–H groups in total. The number of rotatable bonds is 3. The lowest BCUT2D eigenvalue weighted by atomic mass is 9.88. The van der Waals surface area contributed by atoms with Crippen molar-refractivity contribution in [3.05, 3.63) is 47.7 Å². The van der Waals surface area contributed by atoms with Crippen LogP contribution in [0.1, 0.15) is 34.6 Å². The van der Waals surface area contributed by atoms with E-state index >= 15 is 0 Å². The highest BCUT2D eigenvalue weighted by atomic mass is 28.3. The average Bonchev–Trinajstić information content (AvgIpc) is 2.45. The summed E-state index contributed by atoms with van der Waals surface area (Å²) in [6, 6.07) is 10.7. The van der Waals surface area contributed by atoms with Gasteiger partial charge in [-0.1, -0.05) is 57.7 Å². The fourth-order valence-electron chi connectivity index (χ4n) is 2.77. The zero-order chi connectivity index (χ0) is 19.2. The Hall–Kier alpha value is -1.41. The topological polar surface area (TPSA) is 3.88 Å². The highest BCUT2D eigenvalue weighted by Crippen LogP contribution is 2.25. The smallest absolute Gasteiger partial charge is 0.201 e. The molecular formula is C21H32NSi+. The zero-order valence-corrected chi connectivity index (χ0v) is 16.9. The minimum absolute atomic E-state index is 0.457. The van der Waals surface area contributed by atoms with Crippen molar-refractivity contribution in [3.8, 4) is 11.3 Å². The van der Waals surface area contributed by atoms with Crippen LogP contribution in [0.3, 0.4) is 0 Å². The van der Waals surface area contributed by atoms with Crippen molar-refractivity contribution >= 4 is 13.3 Å². The van der Waals surface area contributed by atoms with Crippen molar-refractivity contribution in [1.82, 2.24) is 0 Å². The molecule has 0 spiro atoms. The normalized spacial score (nSPS) is 14.4. The van der Waals surface area contributed by atoms with Crippen molar-refractivity contribution in [2.24, 2.45) is 12.5 Å². The van der Waals surface area contributed by atoms with Gasteiger partial charge in [0.25, 0.3) is 0 Å². The van der Waals surface area contributed by atoms with Gasteiger partial charge in [0, 0.05) is 20.4 Å². The second-order valence-corrected chi connectivity index (χ2v) is 13.6. The summed E-state index contributed by atoms with van der Waals surface area (Å²) in [5, 5.41) is 1.46. The Morgan fingerprint density at radius 3 is 2.26 bits per heavy atom. The van der Waals surface area contributed by atoms with Crippen LogP contribution in [0.15, 0.2) is 36.5 Å². The van der Waals surface area contributed by atoms with E-state index < -0.39 is 19.9 Å². The Balaban J connectivity index is 2.60. The summed E-state index contributed by atoms with van der Waals surface area (Å²) in [7, 11) is 0.691. The molecular weight excluding hydrogens is 294 g/mol. The van der Waals surface area contributed by atoms with E-state index in [-0.39, 0.29) is 0 Å². The van der Waals surface area contributed by atoms with Crippen molar-refractivity contribution in [2.45, 2.75) is 53.7 Å². The Labute approximate surface area is 146 Å². The van der Waals surface area contributed by atoms with Gasteiger partial charge in [-0.3, -0.25) is 0 Å². The van der Waals surface area contributed by atoms with Crippen molar-refractivity contribution in [3.63, 3.8) is 0 Å². The molecule has 0 aliphatic rings. The van der Waals surface area contributed by atoms with Crippen molar-refractivity contribution < 1.29 is 7.31 Å². The van der Waals surface area contributed by atoms with Crippen LogP contribution in [0.4, 0.5) is 0 Å². The van der Waals surface area contributed by atoms with Crippen molar-refractivity contribution in [1.29, 1.82) is 0 Å². The first-order valence-electron chi connectivity index (χ1n) is 9.37. The molecule has 0 radical (unpaired) electrons. The minimum Gasteiger partial charge on any atom is -0.201 e. The van der Waals surface area contributed by atoms with Gasteiger partial charge in [-0.2, -0.15) is 0 Å². The first kappa shape index (κ1) is 15.1. The molecule has 0 aliphatic carbocycles. The van der Waals surface area contributed by atoms with Gasteiger partial charge in [0.1, 0.15) is 7.05 Å². The Morgan fingerprint density at radius 2 is 1.74 bits per heavy atom.